The number of amides is 1. The molecule has 0 saturated heterocycles. The average molecular weight is 327 g/mol. The summed E-state index contributed by atoms with van der Waals surface area (Å²) in [6.07, 6.45) is 7.46. The first-order chi connectivity index (χ1) is 11.6. The highest BCUT2D eigenvalue weighted by Crippen LogP contribution is 2.25. The standard InChI is InChI=1S/C18H14FNO4/c1-2-11-20-17(21)12-23-18(22)10-8-13-7-9-16(24-13)14-5-3-4-6-15(14)19/h1,3-10H,11-12H2,(H,20,21)/b10-8+. The maximum absolute atomic E-state index is 13.7. The third-order valence-corrected chi connectivity index (χ3v) is 2.88. The number of ether oxygens (including phenoxy) is 1. The molecule has 6 heteroatoms. The number of halogens is 1. The fourth-order valence-corrected chi connectivity index (χ4v) is 1.78. The van der Waals surface area contributed by atoms with E-state index in [1.54, 1.807) is 30.3 Å². The molecule has 2 rings (SSSR count). The molecule has 24 heavy (non-hydrogen) atoms. The van der Waals surface area contributed by atoms with Crippen molar-refractivity contribution in [3.63, 3.8) is 0 Å². The van der Waals surface area contributed by atoms with Gasteiger partial charge in [0.1, 0.15) is 17.3 Å². The molecule has 0 unspecified atom stereocenters. The predicted octanol–water partition coefficient (Wildman–Crippen LogP) is 2.39. The zero-order valence-electron chi connectivity index (χ0n) is 12.6. The number of hydrogen-bond donors (Lipinski definition) is 1. The predicted molar refractivity (Wildman–Crippen MR) is 85.9 cm³/mol. The van der Waals surface area contributed by atoms with Gasteiger partial charge in [-0.3, -0.25) is 4.79 Å². The van der Waals surface area contributed by atoms with Gasteiger partial charge in [0.05, 0.1) is 12.1 Å². The molecule has 0 aliphatic rings. The lowest BCUT2D eigenvalue weighted by Crippen LogP contribution is -2.28. The van der Waals surface area contributed by atoms with E-state index in [0.717, 1.165) is 6.08 Å². The highest BCUT2D eigenvalue weighted by molar-refractivity contribution is 5.89. The number of carbonyl (C=O) groups is 2. The van der Waals surface area contributed by atoms with Crippen molar-refractivity contribution in [2.45, 2.75) is 0 Å². The Hall–Kier alpha value is -3.33. The molecule has 1 N–H and O–H groups in total. The van der Waals surface area contributed by atoms with Crippen LogP contribution in [0.3, 0.4) is 0 Å². The molecule has 2 aromatic rings. The van der Waals surface area contributed by atoms with Gasteiger partial charge >= 0.3 is 5.97 Å². The molecule has 5 nitrogen and oxygen atoms in total. The summed E-state index contributed by atoms with van der Waals surface area (Å²) in [5, 5.41) is 2.36. The number of carbonyl (C=O) groups excluding carboxylic acids is 2. The highest BCUT2D eigenvalue weighted by Gasteiger charge is 2.08. The van der Waals surface area contributed by atoms with Crippen molar-refractivity contribution in [1.29, 1.82) is 0 Å². The van der Waals surface area contributed by atoms with Crippen LogP contribution in [0.5, 0.6) is 0 Å². The first-order valence-electron chi connectivity index (χ1n) is 7.00. The van der Waals surface area contributed by atoms with E-state index in [0.29, 0.717) is 17.1 Å². The Morgan fingerprint density at radius 1 is 1.29 bits per heavy atom. The van der Waals surface area contributed by atoms with E-state index in [-0.39, 0.29) is 6.54 Å². The van der Waals surface area contributed by atoms with E-state index in [2.05, 4.69) is 11.2 Å². The molecule has 0 bridgehead atoms. The van der Waals surface area contributed by atoms with Crippen molar-refractivity contribution in [2.24, 2.45) is 0 Å². The monoisotopic (exact) mass is 327 g/mol. The lowest BCUT2D eigenvalue weighted by molar-refractivity contribution is -0.143. The van der Waals surface area contributed by atoms with Crippen LogP contribution < -0.4 is 5.32 Å². The van der Waals surface area contributed by atoms with Crippen LogP contribution in [0.1, 0.15) is 5.76 Å². The fourth-order valence-electron chi connectivity index (χ4n) is 1.78. The summed E-state index contributed by atoms with van der Waals surface area (Å²) in [5.41, 5.74) is 0.324. The van der Waals surface area contributed by atoms with Crippen LogP contribution in [-0.2, 0) is 14.3 Å². The summed E-state index contributed by atoms with van der Waals surface area (Å²) in [5.74, 6) is 1.31. The third kappa shape index (κ3) is 4.85. The smallest absolute Gasteiger partial charge is 0.331 e. The van der Waals surface area contributed by atoms with Gasteiger partial charge in [-0.1, -0.05) is 18.1 Å². The summed E-state index contributed by atoms with van der Waals surface area (Å²) in [7, 11) is 0. The van der Waals surface area contributed by atoms with Gasteiger partial charge in [0.15, 0.2) is 6.61 Å². The second-order valence-corrected chi connectivity index (χ2v) is 4.60. The van der Waals surface area contributed by atoms with Crippen LogP contribution in [0, 0.1) is 18.2 Å². The van der Waals surface area contributed by atoms with Gasteiger partial charge in [-0.25, -0.2) is 9.18 Å². The summed E-state index contributed by atoms with van der Waals surface area (Å²) in [6, 6.07) is 9.37. The number of terminal acetylenes is 1. The quantitative estimate of drug-likeness (QED) is 0.502. The van der Waals surface area contributed by atoms with Crippen LogP contribution in [0.15, 0.2) is 46.9 Å². The van der Waals surface area contributed by atoms with E-state index in [4.69, 9.17) is 15.6 Å². The second kappa shape index (κ2) is 8.34. The molecule has 0 spiro atoms. The number of benzene rings is 1. The normalized spacial score (nSPS) is 10.3. The van der Waals surface area contributed by atoms with Gasteiger partial charge in [0, 0.05) is 6.08 Å². The van der Waals surface area contributed by atoms with Crippen LogP contribution >= 0.6 is 0 Å². The Balaban J connectivity index is 1.91. The van der Waals surface area contributed by atoms with E-state index in [1.807, 2.05) is 0 Å². The Labute approximate surface area is 138 Å². The van der Waals surface area contributed by atoms with Crippen molar-refractivity contribution in [1.82, 2.24) is 5.32 Å². The van der Waals surface area contributed by atoms with Crippen molar-refractivity contribution in [3.8, 4) is 23.7 Å². The Bertz CT molecular complexity index is 801. The van der Waals surface area contributed by atoms with Crippen molar-refractivity contribution >= 4 is 18.0 Å². The molecule has 0 aliphatic heterocycles. The second-order valence-electron chi connectivity index (χ2n) is 4.60. The van der Waals surface area contributed by atoms with Gasteiger partial charge in [-0.05, 0) is 30.3 Å². The van der Waals surface area contributed by atoms with Gasteiger partial charge in [-0.15, -0.1) is 6.42 Å². The first-order valence-corrected chi connectivity index (χ1v) is 7.00. The number of nitrogens with one attached hydrogen (secondary N) is 1. The van der Waals surface area contributed by atoms with E-state index < -0.39 is 24.3 Å². The minimum Gasteiger partial charge on any atom is -0.457 e. The molecular weight excluding hydrogens is 313 g/mol. The largest absolute Gasteiger partial charge is 0.457 e. The van der Waals surface area contributed by atoms with Gasteiger partial charge in [-0.2, -0.15) is 0 Å². The molecular formula is C18H14FNO4. The molecule has 1 heterocycles. The van der Waals surface area contributed by atoms with Crippen LogP contribution in [0.25, 0.3) is 17.4 Å². The van der Waals surface area contributed by atoms with E-state index in [9.17, 15) is 14.0 Å². The number of rotatable bonds is 6. The zero-order valence-corrected chi connectivity index (χ0v) is 12.6. The first kappa shape index (κ1) is 17.0. The Morgan fingerprint density at radius 3 is 2.83 bits per heavy atom. The van der Waals surface area contributed by atoms with Crippen molar-refractivity contribution in [2.75, 3.05) is 13.2 Å². The molecule has 1 aromatic heterocycles. The van der Waals surface area contributed by atoms with Gasteiger partial charge in [0.25, 0.3) is 5.91 Å². The molecule has 0 radical (unpaired) electrons. The Morgan fingerprint density at radius 2 is 2.08 bits per heavy atom. The van der Waals surface area contributed by atoms with Crippen molar-refractivity contribution < 1.29 is 23.1 Å². The molecule has 1 aromatic carbocycles. The molecule has 1 amide bonds. The summed E-state index contributed by atoms with van der Waals surface area (Å²) in [6.45, 7) is -0.360. The lowest BCUT2D eigenvalue weighted by Gasteiger charge is -2.01. The number of furan rings is 1. The topological polar surface area (TPSA) is 68.5 Å². The van der Waals surface area contributed by atoms with Crippen molar-refractivity contribution in [3.05, 3.63) is 54.1 Å². The zero-order chi connectivity index (χ0) is 17.4. The molecule has 0 saturated carbocycles. The van der Waals surface area contributed by atoms with Crippen LogP contribution in [0.4, 0.5) is 4.39 Å². The molecule has 0 fully saturated rings. The van der Waals surface area contributed by atoms with Gasteiger partial charge < -0.3 is 14.5 Å². The lowest BCUT2D eigenvalue weighted by atomic mass is 10.1. The van der Waals surface area contributed by atoms with E-state index >= 15 is 0 Å². The minimum absolute atomic E-state index is 0.0669. The fraction of sp³-hybridized carbons (Fsp3) is 0.111. The minimum atomic E-state index is -0.713. The third-order valence-electron chi connectivity index (χ3n) is 2.88. The Kier molecular flexibility index (Phi) is 5.92. The van der Waals surface area contributed by atoms with Crippen LogP contribution in [0.2, 0.25) is 0 Å². The SMILES string of the molecule is C#CCNC(=O)COC(=O)/C=C/c1ccc(-c2ccccc2F)o1. The van der Waals surface area contributed by atoms with Crippen LogP contribution in [-0.4, -0.2) is 25.0 Å². The summed E-state index contributed by atoms with van der Waals surface area (Å²) >= 11 is 0. The van der Waals surface area contributed by atoms with E-state index in [1.165, 1.54) is 12.1 Å². The van der Waals surface area contributed by atoms with Gasteiger partial charge in [0.2, 0.25) is 0 Å². The maximum Gasteiger partial charge on any atom is 0.331 e. The molecule has 122 valence electrons. The number of hydrogen-bond acceptors (Lipinski definition) is 4. The molecule has 0 atom stereocenters. The average Bonchev–Trinajstić information content (AvgIpc) is 3.05. The maximum atomic E-state index is 13.7. The highest BCUT2D eigenvalue weighted by atomic mass is 19.1. The summed E-state index contributed by atoms with van der Waals surface area (Å²) < 4.78 is 23.8. The number of esters is 1. The summed E-state index contributed by atoms with van der Waals surface area (Å²) in [4.78, 5) is 22.7. The molecule has 0 aliphatic carbocycles.